The number of benzene rings is 1. The summed E-state index contributed by atoms with van der Waals surface area (Å²) in [5, 5.41) is 8.33. The van der Waals surface area contributed by atoms with E-state index in [-0.39, 0.29) is 5.91 Å². The standard InChI is InChI=1S/C19H19N5OS/c1-12-10-13(2)24-18(22-12)14(11-21-24)19(25)20-9-5-8-17-23-15-6-3-4-7-16(15)26-17/h3-4,6-7,10-11H,5,8-9H2,1-2H3,(H,20,25). The number of thiazole rings is 1. The maximum absolute atomic E-state index is 12.5. The van der Waals surface area contributed by atoms with Crippen LogP contribution in [-0.4, -0.2) is 32.0 Å². The van der Waals surface area contributed by atoms with E-state index in [1.165, 1.54) is 4.70 Å². The molecule has 0 fully saturated rings. The smallest absolute Gasteiger partial charge is 0.256 e. The van der Waals surface area contributed by atoms with Crippen molar-refractivity contribution in [1.29, 1.82) is 0 Å². The molecule has 26 heavy (non-hydrogen) atoms. The van der Waals surface area contributed by atoms with Gasteiger partial charge in [-0.1, -0.05) is 12.1 Å². The molecule has 1 aromatic carbocycles. The van der Waals surface area contributed by atoms with Gasteiger partial charge in [-0.2, -0.15) is 5.10 Å². The minimum absolute atomic E-state index is 0.137. The number of fused-ring (bicyclic) bond motifs is 2. The van der Waals surface area contributed by atoms with Crippen molar-refractivity contribution in [1.82, 2.24) is 24.9 Å². The van der Waals surface area contributed by atoms with Crippen LogP contribution in [0.4, 0.5) is 0 Å². The zero-order valence-electron chi connectivity index (χ0n) is 14.7. The second kappa shape index (κ2) is 6.84. The first-order chi connectivity index (χ1) is 12.6. The van der Waals surface area contributed by atoms with Gasteiger partial charge in [-0.25, -0.2) is 14.5 Å². The van der Waals surface area contributed by atoms with Crippen LogP contribution in [0, 0.1) is 13.8 Å². The van der Waals surface area contributed by atoms with E-state index in [9.17, 15) is 4.79 Å². The Labute approximate surface area is 154 Å². The van der Waals surface area contributed by atoms with Gasteiger partial charge in [0.15, 0.2) is 5.65 Å². The molecule has 132 valence electrons. The number of amides is 1. The molecule has 6 nitrogen and oxygen atoms in total. The quantitative estimate of drug-likeness (QED) is 0.551. The molecular formula is C19H19N5OS. The molecule has 0 atom stereocenters. The summed E-state index contributed by atoms with van der Waals surface area (Å²) in [5.41, 5.74) is 3.99. The number of nitrogens with one attached hydrogen (secondary N) is 1. The van der Waals surface area contributed by atoms with Gasteiger partial charge in [0.1, 0.15) is 5.56 Å². The number of aryl methyl sites for hydroxylation is 3. The second-order valence-corrected chi connectivity index (χ2v) is 7.38. The fourth-order valence-corrected chi connectivity index (χ4v) is 4.00. The zero-order chi connectivity index (χ0) is 18.1. The van der Waals surface area contributed by atoms with Crippen molar-refractivity contribution in [3.63, 3.8) is 0 Å². The molecule has 4 aromatic rings. The molecule has 0 aliphatic heterocycles. The molecule has 0 spiro atoms. The Kier molecular flexibility index (Phi) is 4.38. The highest BCUT2D eigenvalue weighted by Crippen LogP contribution is 2.22. The first-order valence-electron chi connectivity index (χ1n) is 8.56. The lowest BCUT2D eigenvalue weighted by Crippen LogP contribution is -2.24. The normalized spacial score (nSPS) is 11.3. The van der Waals surface area contributed by atoms with E-state index in [0.717, 1.165) is 34.8 Å². The van der Waals surface area contributed by atoms with Crippen molar-refractivity contribution in [3.8, 4) is 0 Å². The first-order valence-corrected chi connectivity index (χ1v) is 9.38. The Morgan fingerprint density at radius 1 is 1.23 bits per heavy atom. The fourth-order valence-electron chi connectivity index (χ4n) is 2.99. The van der Waals surface area contributed by atoms with Crippen LogP contribution in [0.1, 0.15) is 33.2 Å². The van der Waals surface area contributed by atoms with Crippen molar-refractivity contribution in [2.75, 3.05) is 6.54 Å². The average Bonchev–Trinajstić information content (AvgIpc) is 3.22. The predicted molar refractivity (Wildman–Crippen MR) is 103 cm³/mol. The van der Waals surface area contributed by atoms with E-state index in [1.54, 1.807) is 22.0 Å². The van der Waals surface area contributed by atoms with Crippen LogP contribution in [0.5, 0.6) is 0 Å². The molecule has 0 unspecified atom stereocenters. The van der Waals surface area contributed by atoms with Gasteiger partial charge >= 0.3 is 0 Å². The summed E-state index contributed by atoms with van der Waals surface area (Å²) in [5.74, 6) is -0.137. The lowest BCUT2D eigenvalue weighted by molar-refractivity contribution is 0.0954. The Morgan fingerprint density at radius 2 is 2.08 bits per heavy atom. The molecule has 1 N–H and O–H groups in total. The Morgan fingerprint density at radius 3 is 2.92 bits per heavy atom. The van der Waals surface area contributed by atoms with Crippen LogP contribution >= 0.6 is 11.3 Å². The summed E-state index contributed by atoms with van der Waals surface area (Å²) in [6.45, 7) is 4.46. The van der Waals surface area contributed by atoms with E-state index in [0.29, 0.717) is 17.8 Å². The predicted octanol–water partition coefficient (Wildman–Crippen LogP) is 3.32. The van der Waals surface area contributed by atoms with E-state index in [4.69, 9.17) is 0 Å². The Bertz CT molecular complexity index is 1060. The molecule has 0 aliphatic rings. The number of para-hydroxylation sites is 1. The molecule has 3 aromatic heterocycles. The molecule has 0 saturated carbocycles. The largest absolute Gasteiger partial charge is 0.352 e. The number of carbonyl (C=O) groups is 1. The van der Waals surface area contributed by atoms with Gasteiger partial charge in [0.05, 0.1) is 21.4 Å². The number of hydrogen-bond donors (Lipinski definition) is 1. The summed E-state index contributed by atoms with van der Waals surface area (Å²) < 4.78 is 2.90. The molecule has 0 radical (unpaired) electrons. The monoisotopic (exact) mass is 365 g/mol. The molecule has 0 bridgehead atoms. The van der Waals surface area contributed by atoms with Gasteiger partial charge in [0, 0.05) is 24.4 Å². The van der Waals surface area contributed by atoms with E-state index in [2.05, 4.69) is 26.4 Å². The van der Waals surface area contributed by atoms with Gasteiger partial charge in [-0.3, -0.25) is 4.79 Å². The SMILES string of the molecule is Cc1cc(C)n2ncc(C(=O)NCCCc3nc4ccccc4s3)c2n1. The second-order valence-electron chi connectivity index (χ2n) is 6.27. The highest BCUT2D eigenvalue weighted by molar-refractivity contribution is 7.18. The van der Waals surface area contributed by atoms with Gasteiger partial charge in [0.2, 0.25) is 0 Å². The molecule has 1 amide bonds. The van der Waals surface area contributed by atoms with Crippen molar-refractivity contribution in [3.05, 3.63) is 58.5 Å². The lowest BCUT2D eigenvalue weighted by atomic mass is 10.2. The molecular weight excluding hydrogens is 346 g/mol. The van der Waals surface area contributed by atoms with Gasteiger partial charge in [-0.05, 0) is 38.5 Å². The van der Waals surface area contributed by atoms with E-state index < -0.39 is 0 Å². The minimum atomic E-state index is -0.137. The highest BCUT2D eigenvalue weighted by atomic mass is 32.1. The number of nitrogens with zero attached hydrogens (tertiary/aromatic N) is 4. The van der Waals surface area contributed by atoms with Gasteiger partial charge < -0.3 is 5.32 Å². The van der Waals surface area contributed by atoms with Crippen molar-refractivity contribution in [2.24, 2.45) is 0 Å². The van der Waals surface area contributed by atoms with Crippen molar-refractivity contribution >= 4 is 33.1 Å². The highest BCUT2D eigenvalue weighted by Gasteiger charge is 2.15. The maximum atomic E-state index is 12.5. The number of hydrogen-bond acceptors (Lipinski definition) is 5. The van der Waals surface area contributed by atoms with Crippen molar-refractivity contribution < 1.29 is 4.79 Å². The number of aromatic nitrogens is 4. The summed E-state index contributed by atoms with van der Waals surface area (Å²) in [7, 11) is 0. The average molecular weight is 365 g/mol. The number of rotatable bonds is 5. The summed E-state index contributed by atoms with van der Waals surface area (Å²) in [6.07, 6.45) is 3.28. The topological polar surface area (TPSA) is 72.2 Å². The third-order valence-electron chi connectivity index (χ3n) is 4.21. The summed E-state index contributed by atoms with van der Waals surface area (Å²) in [6, 6.07) is 10.1. The first kappa shape index (κ1) is 16.7. The summed E-state index contributed by atoms with van der Waals surface area (Å²) in [4.78, 5) is 21.5. The fraction of sp³-hybridized carbons (Fsp3) is 0.263. The molecule has 3 heterocycles. The molecule has 0 aliphatic carbocycles. The van der Waals surface area contributed by atoms with Gasteiger partial charge in [0.25, 0.3) is 5.91 Å². The third-order valence-corrected chi connectivity index (χ3v) is 5.31. The minimum Gasteiger partial charge on any atom is -0.352 e. The molecule has 0 saturated heterocycles. The van der Waals surface area contributed by atoms with Crippen molar-refractivity contribution in [2.45, 2.75) is 26.7 Å². The molecule has 4 rings (SSSR count). The van der Waals surface area contributed by atoms with Crippen LogP contribution in [0.15, 0.2) is 36.5 Å². The van der Waals surface area contributed by atoms with Crippen LogP contribution in [0.2, 0.25) is 0 Å². The number of carbonyl (C=O) groups excluding carboxylic acids is 1. The Hall–Kier alpha value is -2.80. The molecule has 7 heteroatoms. The van der Waals surface area contributed by atoms with Crippen LogP contribution in [-0.2, 0) is 6.42 Å². The summed E-state index contributed by atoms with van der Waals surface area (Å²) >= 11 is 1.71. The van der Waals surface area contributed by atoms with Crippen LogP contribution in [0.3, 0.4) is 0 Å². The third kappa shape index (κ3) is 3.17. The zero-order valence-corrected chi connectivity index (χ0v) is 15.5. The maximum Gasteiger partial charge on any atom is 0.256 e. The van der Waals surface area contributed by atoms with Crippen LogP contribution < -0.4 is 5.32 Å². The Balaban J connectivity index is 1.38. The van der Waals surface area contributed by atoms with E-state index in [1.807, 2.05) is 38.1 Å². The van der Waals surface area contributed by atoms with E-state index >= 15 is 0 Å². The van der Waals surface area contributed by atoms with Gasteiger partial charge in [-0.15, -0.1) is 11.3 Å². The lowest BCUT2D eigenvalue weighted by Gasteiger charge is -2.04. The van der Waals surface area contributed by atoms with Crippen LogP contribution in [0.25, 0.3) is 15.9 Å².